The maximum atomic E-state index is 12.6. The van der Waals surface area contributed by atoms with Gasteiger partial charge in [0.25, 0.3) is 5.91 Å². The van der Waals surface area contributed by atoms with Crippen LogP contribution in [0.25, 0.3) is 0 Å². The summed E-state index contributed by atoms with van der Waals surface area (Å²) in [5, 5.41) is 0. The maximum absolute atomic E-state index is 12.6. The average molecular weight is 285 g/mol. The number of ether oxygens (including phenoxy) is 1. The van der Waals surface area contributed by atoms with E-state index >= 15 is 0 Å². The summed E-state index contributed by atoms with van der Waals surface area (Å²) in [6.45, 7) is 2.80. The largest absolute Gasteiger partial charge is 0.491 e. The lowest BCUT2D eigenvalue weighted by Crippen LogP contribution is -2.27. The number of aromatic nitrogens is 1. The van der Waals surface area contributed by atoms with Gasteiger partial charge in [-0.05, 0) is 30.7 Å². The minimum Gasteiger partial charge on any atom is -0.491 e. The maximum Gasteiger partial charge on any atom is 0.257 e. The van der Waals surface area contributed by atoms with Gasteiger partial charge in [-0.15, -0.1) is 0 Å². The lowest BCUT2D eigenvalue weighted by atomic mass is 10.1. The van der Waals surface area contributed by atoms with E-state index in [1.807, 2.05) is 19.1 Å². The number of hydrogen-bond acceptors (Lipinski definition) is 4. The molecule has 0 fully saturated rings. The first-order valence-electron chi connectivity index (χ1n) is 6.79. The molecule has 5 heteroatoms. The van der Waals surface area contributed by atoms with Crippen molar-refractivity contribution in [1.82, 2.24) is 9.88 Å². The minimum absolute atomic E-state index is 0.130. The van der Waals surface area contributed by atoms with Crippen LogP contribution < -0.4 is 10.5 Å². The molecule has 0 atom stereocenters. The van der Waals surface area contributed by atoms with Crippen molar-refractivity contribution in [3.8, 4) is 5.75 Å². The van der Waals surface area contributed by atoms with Gasteiger partial charge < -0.3 is 15.4 Å². The summed E-state index contributed by atoms with van der Waals surface area (Å²) in [5.41, 5.74) is 7.81. The number of para-hydroxylation sites is 1. The van der Waals surface area contributed by atoms with Gasteiger partial charge in [-0.2, -0.15) is 0 Å². The molecule has 0 spiro atoms. The SMILES string of the molecule is CCOc1c(N)cccc1C(=O)N(C)Cc1cccnc1. The molecule has 0 bridgehead atoms. The van der Waals surface area contributed by atoms with Crippen molar-refractivity contribution >= 4 is 11.6 Å². The van der Waals surface area contributed by atoms with Gasteiger partial charge in [-0.3, -0.25) is 9.78 Å². The number of nitrogen functional groups attached to an aromatic ring is 1. The Morgan fingerprint density at radius 2 is 2.14 bits per heavy atom. The van der Waals surface area contributed by atoms with E-state index in [0.717, 1.165) is 5.56 Å². The second-order valence-corrected chi connectivity index (χ2v) is 4.68. The van der Waals surface area contributed by atoms with E-state index in [2.05, 4.69) is 4.98 Å². The predicted octanol–water partition coefficient (Wildman–Crippen LogP) is 2.33. The van der Waals surface area contributed by atoms with E-state index in [-0.39, 0.29) is 5.91 Å². The lowest BCUT2D eigenvalue weighted by molar-refractivity contribution is 0.0781. The zero-order chi connectivity index (χ0) is 15.2. The topological polar surface area (TPSA) is 68.5 Å². The quantitative estimate of drug-likeness (QED) is 0.856. The van der Waals surface area contributed by atoms with Crippen molar-refractivity contribution in [2.24, 2.45) is 0 Å². The Balaban J connectivity index is 2.21. The third kappa shape index (κ3) is 3.51. The number of amides is 1. The van der Waals surface area contributed by atoms with Gasteiger partial charge in [-0.1, -0.05) is 12.1 Å². The van der Waals surface area contributed by atoms with Gasteiger partial charge in [-0.25, -0.2) is 0 Å². The van der Waals surface area contributed by atoms with Crippen LogP contribution in [0.15, 0.2) is 42.7 Å². The highest BCUT2D eigenvalue weighted by atomic mass is 16.5. The van der Waals surface area contributed by atoms with Crippen LogP contribution in [0.2, 0.25) is 0 Å². The Labute approximate surface area is 124 Å². The van der Waals surface area contributed by atoms with Crippen molar-refractivity contribution in [2.75, 3.05) is 19.4 Å². The summed E-state index contributed by atoms with van der Waals surface area (Å²) in [7, 11) is 1.74. The molecule has 1 aromatic heterocycles. The summed E-state index contributed by atoms with van der Waals surface area (Å²) < 4.78 is 5.50. The van der Waals surface area contributed by atoms with Crippen molar-refractivity contribution in [2.45, 2.75) is 13.5 Å². The van der Waals surface area contributed by atoms with Gasteiger partial charge in [0.05, 0.1) is 17.9 Å². The predicted molar refractivity (Wildman–Crippen MR) is 82.1 cm³/mol. The van der Waals surface area contributed by atoms with Crippen LogP contribution in [0.5, 0.6) is 5.75 Å². The molecule has 0 unspecified atom stereocenters. The molecule has 2 rings (SSSR count). The second-order valence-electron chi connectivity index (χ2n) is 4.68. The molecule has 0 aliphatic heterocycles. The molecule has 110 valence electrons. The molecule has 2 aromatic rings. The smallest absolute Gasteiger partial charge is 0.257 e. The number of carbonyl (C=O) groups is 1. The highest BCUT2D eigenvalue weighted by molar-refractivity contribution is 5.98. The first-order chi connectivity index (χ1) is 10.1. The number of hydrogen-bond donors (Lipinski definition) is 1. The number of rotatable bonds is 5. The van der Waals surface area contributed by atoms with Crippen LogP contribution in [0, 0.1) is 0 Å². The number of carbonyl (C=O) groups excluding carboxylic acids is 1. The Morgan fingerprint density at radius 3 is 2.81 bits per heavy atom. The first kappa shape index (κ1) is 14.8. The molecule has 0 saturated carbocycles. The fourth-order valence-electron chi connectivity index (χ4n) is 2.07. The van der Waals surface area contributed by atoms with E-state index in [1.165, 1.54) is 0 Å². The van der Waals surface area contributed by atoms with Crippen LogP contribution in [0.1, 0.15) is 22.8 Å². The zero-order valence-corrected chi connectivity index (χ0v) is 12.2. The normalized spacial score (nSPS) is 10.2. The Morgan fingerprint density at radius 1 is 1.33 bits per heavy atom. The minimum atomic E-state index is -0.130. The van der Waals surface area contributed by atoms with E-state index in [9.17, 15) is 4.79 Å². The Kier molecular flexibility index (Phi) is 4.77. The van der Waals surface area contributed by atoms with Gasteiger partial charge in [0.15, 0.2) is 5.75 Å². The molecule has 21 heavy (non-hydrogen) atoms. The van der Waals surface area contributed by atoms with Gasteiger partial charge in [0.1, 0.15) is 0 Å². The van der Waals surface area contributed by atoms with E-state index in [1.54, 1.807) is 42.5 Å². The molecular weight excluding hydrogens is 266 g/mol. The summed E-state index contributed by atoms with van der Waals surface area (Å²) >= 11 is 0. The van der Waals surface area contributed by atoms with Gasteiger partial charge >= 0.3 is 0 Å². The van der Waals surface area contributed by atoms with Gasteiger partial charge in [0, 0.05) is 26.0 Å². The highest BCUT2D eigenvalue weighted by Crippen LogP contribution is 2.27. The molecule has 2 N–H and O–H groups in total. The van der Waals surface area contributed by atoms with Crippen molar-refractivity contribution < 1.29 is 9.53 Å². The molecule has 0 aliphatic carbocycles. The molecular formula is C16H19N3O2. The fraction of sp³-hybridized carbons (Fsp3) is 0.250. The lowest BCUT2D eigenvalue weighted by Gasteiger charge is -2.19. The van der Waals surface area contributed by atoms with Crippen LogP contribution in [-0.4, -0.2) is 29.4 Å². The number of pyridine rings is 1. The third-order valence-corrected chi connectivity index (χ3v) is 3.05. The molecule has 1 heterocycles. The molecule has 1 aromatic carbocycles. The molecule has 0 aliphatic rings. The average Bonchev–Trinajstić information content (AvgIpc) is 2.50. The number of nitrogens with zero attached hydrogens (tertiary/aromatic N) is 2. The van der Waals surface area contributed by atoms with Crippen molar-refractivity contribution in [1.29, 1.82) is 0 Å². The van der Waals surface area contributed by atoms with Gasteiger partial charge in [0.2, 0.25) is 0 Å². The number of nitrogens with two attached hydrogens (primary N) is 1. The van der Waals surface area contributed by atoms with E-state index in [0.29, 0.717) is 30.2 Å². The third-order valence-electron chi connectivity index (χ3n) is 3.05. The molecule has 5 nitrogen and oxygen atoms in total. The van der Waals surface area contributed by atoms with E-state index < -0.39 is 0 Å². The summed E-state index contributed by atoms with van der Waals surface area (Å²) in [4.78, 5) is 18.2. The Hall–Kier alpha value is -2.56. The van der Waals surface area contributed by atoms with Crippen molar-refractivity contribution in [3.63, 3.8) is 0 Å². The highest BCUT2D eigenvalue weighted by Gasteiger charge is 2.18. The Bertz CT molecular complexity index is 614. The standard InChI is InChI=1S/C16H19N3O2/c1-3-21-15-13(7-4-8-14(15)17)16(20)19(2)11-12-6-5-9-18-10-12/h4-10H,3,11,17H2,1-2H3. The summed E-state index contributed by atoms with van der Waals surface area (Å²) in [6.07, 6.45) is 3.45. The molecule has 0 radical (unpaired) electrons. The summed E-state index contributed by atoms with van der Waals surface area (Å²) in [5.74, 6) is 0.317. The van der Waals surface area contributed by atoms with E-state index in [4.69, 9.17) is 10.5 Å². The van der Waals surface area contributed by atoms with Crippen LogP contribution in [0.3, 0.4) is 0 Å². The van der Waals surface area contributed by atoms with Crippen LogP contribution in [-0.2, 0) is 6.54 Å². The monoisotopic (exact) mass is 285 g/mol. The van der Waals surface area contributed by atoms with Crippen LogP contribution in [0.4, 0.5) is 5.69 Å². The fourth-order valence-corrected chi connectivity index (χ4v) is 2.07. The molecule has 1 amide bonds. The number of benzene rings is 1. The number of anilines is 1. The first-order valence-corrected chi connectivity index (χ1v) is 6.79. The van der Waals surface area contributed by atoms with Crippen LogP contribution >= 0.6 is 0 Å². The summed E-state index contributed by atoms with van der Waals surface area (Å²) in [6, 6.07) is 8.98. The van der Waals surface area contributed by atoms with Crippen molar-refractivity contribution in [3.05, 3.63) is 53.9 Å². The molecule has 0 saturated heterocycles. The zero-order valence-electron chi connectivity index (χ0n) is 12.2. The second kappa shape index (κ2) is 6.74.